The summed E-state index contributed by atoms with van der Waals surface area (Å²) in [5.41, 5.74) is 5.94. The molecule has 94 valence electrons. The molecule has 4 heteroatoms. The second-order valence-electron chi connectivity index (χ2n) is 4.60. The molecule has 1 fully saturated rings. The first kappa shape index (κ1) is 13.8. The second kappa shape index (κ2) is 6.50. The summed E-state index contributed by atoms with van der Waals surface area (Å²) in [6, 6.07) is 0.0247. The zero-order valence-corrected chi connectivity index (χ0v) is 11.4. The Labute approximate surface area is 103 Å². The molecule has 2 N–H and O–H groups in total. The van der Waals surface area contributed by atoms with Crippen molar-refractivity contribution in [1.82, 2.24) is 4.90 Å². The molecular weight excluding hydrogens is 220 g/mol. The standard InChI is InChI=1S/C12H24N2OS/c1-4-5-6-11(13)12(15)14-7-8-16-10(3)9(14)2/h9-11H,4-8,13H2,1-3H3/t9?,10?,11-/m0/s1. The van der Waals surface area contributed by atoms with E-state index in [0.29, 0.717) is 11.3 Å². The fourth-order valence-corrected chi connectivity index (χ4v) is 3.10. The predicted octanol–water partition coefficient (Wildman–Crippen LogP) is 1.86. The van der Waals surface area contributed by atoms with Gasteiger partial charge in [-0.25, -0.2) is 0 Å². The van der Waals surface area contributed by atoms with E-state index in [2.05, 4.69) is 20.8 Å². The summed E-state index contributed by atoms with van der Waals surface area (Å²) >= 11 is 1.94. The molecule has 1 aliphatic rings. The molecule has 0 saturated carbocycles. The van der Waals surface area contributed by atoms with Gasteiger partial charge in [-0.1, -0.05) is 26.7 Å². The summed E-state index contributed by atoms with van der Waals surface area (Å²) in [4.78, 5) is 14.1. The van der Waals surface area contributed by atoms with Crippen molar-refractivity contribution in [2.24, 2.45) is 5.73 Å². The molecule has 1 amide bonds. The fourth-order valence-electron chi connectivity index (χ4n) is 2.00. The van der Waals surface area contributed by atoms with Crippen molar-refractivity contribution >= 4 is 17.7 Å². The lowest BCUT2D eigenvalue weighted by molar-refractivity contribution is -0.134. The Hall–Kier alpha value is -0.220. The first-order chi connectivity index (χ1) is 7.57. The lowest BCUT2D eigenvalue weighted by Crippen LogP contribution is -2.53. The highest BCUT2D eigenvalue weighted by Gasteiger charge is 2.31. The van der Waals surface area contributed by atoms with E-state index in [-0.39, 0.29) is 11.9 Å². The van der Waals surface area contributed by atoms with Crippen LogP contribution in [0.3, 0.4) is 0 Å². The Balaban J connectivity index is 2.51. The first-order valence-corrected chi connectivity index (χ1v) is 7.30. The minimum atomic E-state index is -0.294. The van der Waals surface area contributed by atoms with Crippen molar-refractivity contribution in [3.8, 4) is 0 Å². The monoisotopic (exact) mass is 244 g/mol. The Morgan fingerprint density at radius 2 is 2.25 bits per heavy atom. The smallest absolute Gasteiger partial charge is 0.239 e. The van der Waals surface area contributed by atoms with Gasteiger partial charge in [0, 0.05) is 23.6 Å². The van der Waals surface area contributed by atoms with Crippen LogP contribution in [-0.2, 0) is 4.79 Å². The second-order valence-corrected chi connectivity index (χ2v) is 6.08. The van der Waals surface area contributed by atoms with Crippen LogP contribution in [-0.4, -0.2) is 40.4 Å². The van der Waals surface area contributed by atoms with Crippen LogP contribution in [0.25, 0.3) is 0 Å². The number of carbonyl (C=O) groups excluding carboxylic acids is 1. The highest BCUT2D eigenvalue weighted by molar-refractivity contribution is 8.00. The molecule has 0 aliphatic carbocycles. The van der Waals surface area contributed by atoms with Crippen LogP contribution in [0, 0.1) is 0 Å². The Morgan fingerprint density at radius 3 is 2.88 bits per heavy atom. The summed E-state index contributed by atoms with van der Waals surface area (Å²) in [6.45, 7) is 7.29. The molecule has 0 aromatic rings. The largest absolute Gasteiger partial charge is 0.337 e. The Bertz CT molecular complexity index is 235. The van der Waals surface area contributed by atoms with E-state index in [1.807, 2.05) is 16.7 Å². The maximum absolute atomic E-state index is 12.2. The number of hydrogen-bond donors (Lipinski definition) is 1. The Kier molecular flexibility index (Phi) is 5.62. The summed E-state index contributed by atoms with van der Waals surface area (Å²) < 4.78 is 0. The van der Waals surface area contributed by atoms with Gasteiger partial charge < -0.3 is 10.6 Å². The number of rotatable bonds is 4. The van der Waals surface area contributed by atoms with Gasteiger partial charge in [0.1, 0.15) is 0 Å². The van der Waals surface area contributed by atoms with E-state index in [9.17, 15) is 4.79 Å². The highest BCUT2D eigenvalue weighted by Crippen LogP contribution is 2.24. The van der Waals surface area contributed by atoms with E-state index in [4.69, 9.17) is 5.73 Å². The summed E-state index contributed by atoms with van der Waals surface area (Å²) in [5.74, 6) is 1.19. The minimum Gasteiger partial charge on any atom is -0.337 e. The number of unbranched alkanes of at least 4 members (excludes halogenated alkanes) is 1. The summed E-state index contributed by atoms with van der Waals surface area (Å²) in [5, 5.41) is 0.524. The van der Waals surface area contributed by atoms with Gasteiger partial charge in [0.25, 0.3) is 0 Å². The van der Waals surface area contributed by atoms with Gasteiger partial charge in [-0.3, -0.25) is 4.79 Å². The third-order valence-electron chi connectivity index (χ3n) is 3.35. The number of amides is 1. The van der Waals surface area contributed by atoms with Gasteiger partial charge in [-0.15, -0.1) is 0 Å². The van der Waals surface area contributed by atoms with Gasteiger partial charge in [-0.05, 0) is 13.3 Å². The third kappa shape index (κ3) is 3.39. The molecule has 1 heterocycles. The van der Waals surface area contributed by atoms with Crippen LogP contribution < -0.4 is 5.73 Å². The van der Waals surface area contributed by atoms with Crippen molar-refractivity contribution in [3.63, 3.8) is 0 Å². The van der Waals surface area contributed by atoms with Gasteiger partial charge in [0.2, 0.25) is 5.91 Å². The summed E-state index contributed by atoms with van der Waals surface area (Å²) in [7, 11) is 0. The van der Waals surface area contributed by atoms with Crippen LogP contribution in [0.1, 0.15) is 40.0 Å². The van der Waals surface area contributed by atoms with E-state index in [1.165, 1.54) is 0 Å². The van der Waals surface area contributed by atoms with Crippen molar-refractivity contribution in [2.75, 3.05) is 12.3 Å². The third-order valence-corrected chi connectivity index (χ3v) is 4.69. The van der Waals surface area contributed by atoms with Gasteiger partial charge >= 0.3 is 0 Å². The summed E-state index contributed by atoms with van der Waals surface area (Å²) in [6.07, 6.45) is 2.96. The van der Waals surface area contributed by atoms with Crippen LogP contribution in [0.4, 0.5) is 0 Å². The zero-order valence-electron chi connectivity index (χ0n) is 10.6. The average molecular weight is 244 g/mol. The predicted molar refractivity (Wildman–Crippen MR) is 70.6 cm³/mol. The number of nitrogens with two attached hydrogens (primary N) is 1. The molecule has 1 rings (SSSR count). The highest BCUT2D eigenvalue weighted by atomic mass is 32.2. The van der Waals surface area contributed by atoms with Crippen LogP contribution in [0.2, 0.25) is 0 Å². The lowest BCUT2D eigenvalue weighted by atomic mass is 10.1. The molecule has 0 aromatic carbocycles. The van der Waals surface area contributed by atoms with Crippen LogP contribution >= 0.6 is 11.8 Å². The van der Waals surface area contributed by atoms with Gasteiger partial charge in [0.15, 0.2) is 0 Å². The molecule has 0 spiro atoms. The number of nitrogens with zero attached hydrogens (tertiary/aromatic N) is 1. The van der Waals surface area contributed by atoms with E-state index in [0.717, 1.165) is 31.6 Å². The van der Waals surface area contributed by atoms with Crippen molar-refractivity contribution < 1.29 is 4.79 Å². The SMILES string of the molecule is CCCC[C@H](N)C(=O)N1CCSC(C)C1C. The molecule has 1 aliphatic heterocycles. The molecule has 0 bridgehead atoms. The molecular formula is C12H24N2OS. The van der Waals surface area contributed by atoms with Crippen molar-refractivity contribution in [3.05, 3.63) is 0 Å². The van der Waals surface area contributed by atoms with E-state index < -0.39 is 0 Å². The lowest BCUT2D eigenvalue weighted by Gasteiger charge is -2.38. The van der Waals surface area contributed by atoms with E-state index >= 15 is 0 Å². The molecule has 2 unspecified atom stereocenters. The first-order valence-electron chi connectivity index (χ1n) is 6.25. The molecule has 16 heavy (non-hydrogen) atoms. The number of hydrogen-bond acceptors (Lipinski definition) is 3. The molecule has 1 saturated heterocycles. The molecule has 3 atom stereocenters. The maximum Gasteiger partial charge on any atom is 0.239 e. The van der Waals surface area contributed by atoms with Crippen LogP contribution in [0.5, 0.6) is 0 Å². The van der Waals surface area contributed by atoms with Gasteiger partial charge in [0.05, 0.1) is 6.04 Å². The topological polar surface area (TPSA) is 46.3 Å². The quantitative estimate of drug-likeness (QED) is 0.821. The van der Waals surface area contributed by atoms with Crippen molar-refractivity contribution in [1.29, 1.82) is 0 Å². The van der Waals surface area contributed by atoms with Gasteiger partial charge in [-0.2, -0.15) is 11.8 Å². The average Bonchev–Trinajstić information content (AvgIpc) is 2.28. The molecule has 3 nitrogen and oxygen atoms in total. The molecule has 0 aromatic heterocycles. The minimum absolute atomic E-state index is 0.146. The normalized spacial score (nSPS) is 27.9. The zero-order chi connectivity index (χ0) is 12.1. The Morgan fingerprint density at radius 1 is 1.56 bits per heavy atom. The maximum atomic E-state index is 12.2. The van der Waals surface area contributed by atoms with Crippen molar-refractivity contribution in [2.45, 2.75) is 57.4 Å². The van der Waals surface area contributed by atoms with E-state index in [1.54, 1.807) is 0 Å². The fraction of sp³-hybridized carbons (Fsp3) is 0.917. The molecule has 0 radical (unpaired) electrons. The number of thioether (sulfide) groups is 1. The number of carbonyl (C=O) groups is 1. The van der Waals surface area contributed by atoms with Crippen LogP contribution in [0.15, 0.2) is 0 Å².